The van der Waals surface area contributed by atoms with Gasteiger partial charge in [0.05, 0.1) is 6.61 Å². The Morgan fingerprint density at radius 2 is 1.77 bits per heavy atom. The van der Waals surface area contributed by atoms with E-state index in [9.17, 15) is 9.59 Å². The van der Waals surface area contributed by atoms with Crippen molar-refractivity contribution >= 4 is 35.3 Å². The van der Waals surface area contributed by atoms with Crippen molar-refractivity contribution in [2.24, 2.45) is 0 Å². The van der Waals surface area contributed by atoms with Crippen molar-refractivity contribution in [3.8, 4) is 11.5 Å². The molecule has 1 amide bonds. The molecule has 1 aliphatic rings. The Balaban J connectivity index is 1.59. The molecule has 2 atom stereocenters. The summed E-state index contributed by atoms with van der Waals surface area (Å²) in [6.45, 7) is 0.287. The van der Waals surface area contributed by atoms with Crippen LogP contribution in [0, 0.1) is 0 Å². The number of hydrogen-bond acceptors (Lipinski definition) is 6. The summed E-state index contributed by atoms with van der Waals surface area (Å²) in [5, 5.41) is 4.65. The minimum Gasteiger partial charge on any atom is -0.485 e. The second kappa shape index (κ2) is 9.75. The molecule has 7 heteroatoms. The van der Waals surface area contributed by atoms with Gasteiger partial charge in [-0.2, -0.15) is 12.6 Å². The van der Waals surface area contributed by atoms with Crippen LogP contribution in [0.15, 0.2) is 66.7 Å². The number of thiol groups is 1. The highest BCUT2D eigenvalue weighted by molar-refractivity contribution is 7.80. The molecule has 160 valence electrons. The lowest BCUT2D eigenvalue weighted by atomic mass is 9.98. The molecule has 1 heterocycles. The van der Waals surface area contributed by atoms with E-state index in [1.165, 1.54) is 0 Å². The quantitative estimate of drug-likeness (QED) is 0.335. The third kappa shape index (κ3) is 4.77. The lowest BCUT2D eigenvalue weighted by Gasteiger charge is -2.27. The van der Waals surface area contributed by atoms with Gasteiger partial charge in [0.2, 0.25) is 6.10 Å². The molecule has 4 rings (SSSR count). The zero-order valence-electron chi connectivity index (χ0n) is 16.8. The van der Waals surface area contributed by atoms with Crippen molar-refractivity contribution in [1.82, 2.24) is 5.32 Å². The first kappa shape index (κ1) is 21.1. The highest BCUT2D eigenvalue weighted by atomic mass is 32.1. The first-order valence-corrected chi connectivity index (χ1v) is 10.7. The van der Waals surface area contributed by atoms with Gasteiger partial charge in [0.1, 0.15) is 6.61 Å². The number of carbonyl (C=O) groups is 2. The molecule has 1 N–H and O–H groups in total. The van der Waals surface area contributed by atoms with E-state index in [2.05, 4.69) is 17.9 Å². The van der Waals surface area contributed by atoms with Crippen LogP contribution in [0.25, 0.3) is 10.8 Å². The number of rotatable bonds is 7. The summed E-state index contributed by atoms with van der Waals surface area (Å²) in [7, 11) is 0. The van der Waals surface area contributed by atoms with Crippen molar-refractivity contribution in [2.45, 2.75) is 18.6 Å². The summed E-state index contributed by atoms with van der Waals surface area (Å²) in [5.41, 5.74) is 0.666. The van der Waals surface area contributed by atoms with Gasteiger partial charge in [0, 0.05) is 0 Å². The summed E-state index contributed by atoms with van der Waals surface area (Å²) >= 11 is 4.15. The normalized spacial score (nSPS) is 15.8. The molecule has 0 fully saturated rings. The van der Waals surface area contributed by atoms with E-state index in [1.807, 2.05) is 48.5 Å². The fourth-order valence-electron chi connectivity index (χ4n) is 3.47. The summed E-state index contributed by atoms with van der Waals surface area (Å²) in [6.07, 6.45) is -0.251. The Kier molecular flexibility index (Phi) is 6.62. The topological polar surface area (TPSA) is 73.9 Å². The van der Waals surface area contributed by atoms with Crippen LogP contribution in [-0.2, 0) is 14.3 Å². The summed E-state index contributed by atoms with van der Waals surface area (Å²) in [5.74, 6) is 0.711. The van der Waals surface area contributed by atoms with Crippen LogP contribution < -0.4 is 14.8 Å². The van der Waals surface area contributed by atoms with E-state index in [1.54, 1.807) is 18.2 Å². The van der Waals surface area contributed by atoms with Crippen LogP contribution in [0.2, 0.25) is 0 Å². The molecule has 0 bridgehead atoms. The van der Waals surface area contributed by atoms with Crippen LogP contribution in [0.4, 0.5) is 0 Å². The van der Waals surface area contributed by atoms with Crippen molar-refractivity contribution in [2.75, 3.05) is 19.0 Å². The average Bonchev–Trinajstić information content (AvgIpc) is 2.82. The van der Waals surface area contributed by atoms with Crippen molar-refractivity contribution in [3.63, 3.8) is 0 Å². The zero-order chi connectivity index (χ0) is 21.6. The number of hydrogen-bond donors (Lipinski definition) is 2. The van der Waals surface area contributed by atoms with Gasteiger partial charge >= 0.3 is 5.97 Å². The van der Waals surface area contributed by atoms with E-state index in [0.717, 1.165) is 10.8 Å². The second-order valence-corrected chi connectivity index (χ2v) is 7.57. The van der Waals surface area contributed by atoms with Gasteiger partial charge in [-0.1, -0.05) is 54.6 Å². The molecular weight excluding hydrogens is 414 g/mol. The lowest BCUT2D eigenvalue weighted by molar-refractivity contribution is -0.149. The molecule has 6 nitrogen and oxygen atoms in total. The van der Waals surface area contributed by atoms with E-state index in [4.69, 9.17) is 14.2 Å². The number of para-hydroxylation sites is 2. The summed E-state index contributed by atoms with van der Waals surface area (Å²) < 4.78 is 16.9. The Morgan fingerprint density at radius 3 is 2.61 bits per heavy atom. The Hall–Kier alpha value is -3.19. The summed E-state index contributed by atoms with van der Waals surface area (Å²) in [6, 6.07) is 19.5. The maximum absolute atomic E-state index is 13.0. The standard InChI is InChI=1S/C24H23NO5S/c26-23(21-15-29-19-11-3-4-12-20(19)30-21)25-22(24(27)28-13-6-14-31)18-10-5-8-16-7-1-2-9-17(16)18/h1-5,7-12,21-22,31H,6,13-15H2,(H,25,26). The first-order chi connectivity index (χ1) is 15.2. The van der Waals surface area contributed by atoms with Crippen LogP contribution in [0.5, 0.6) is 11.5 Å². The van der Waals surface area contributed by atoms with Gasteiger partial charge in [0.15, 0.2) is 17.5 Å². The SMILES string of the molecule is O=C(NC(C(=O)OCCCS)c1cccc2ccccc12)C1COc2ccccc2O1. The number of esters is 1. The van der Waals surface area contributed by atoms with E-state index in [0.29, 0.717) is 29.2 Å². The van der Waals surface area contributed by atoms with E-state index >= 15 is 0 Å². The molecule has 3 aromatic rings. The zero-order valence-corrected chi connectivity index (χ0v) is 17.7. The average molecular weight is 438 g/mol. The minimum atomic E-state index is -0.973. The fraction of sp³-hybridized carbons (Fsp3) is 0.250. The number of fused-ring (bicyclic) bond motifs is 2. The van der Waals surface area contributed by atoms with Gasteiger partial charge in [-0.05, 0) is 40.6 Å². The molecule has 31 heavy (non-hydrogen) atoms. The Morgan fingerprint density at radius 1 is 1.03 bits per heavy atom. The van der Waals surface area contributed by atoms with Crippen molar-refractivity contribution in [3.05, 3.63) is 72.3 Å². The largest absolute Gasteiger partial charge is 0.485 e. The van der Waals surface area contributed by atoms with Gasteiger partial charge in [-0.15, -0.1) is 0 Å². The second-order valence-electron chi connectivity index (χ2n) is 7.12. The third-order valence-electron chi connectivity index (χ3n) is 5.00. The maximum atomic E-state index is 13.0. The van der Waals surface area contributed by atoms with Crippen LogP contribution in [0.1, 0.15) is 18.0 Å². The highest BCUT2D eigenvalue weighted by Crippen LogP contribution is 2.31. The van der Waals surface area contributed by atoms with Crippen molar-refractivity contribution in [1.29, 1.82) is 0 Å². The maximum Gasteiger partial charge on any atom is 0.333 e. The molecule has 0 radical (unpaired) electrons. The molecule has 1 aliphatic heterocycles. The Bertz CT molecular complexity index is 1080. The van der Waals surface area contributed by atoms with Crippen LogP contribution in [-0.4, -0.2) is 36.9 Å². The van der Waals surface area contributed by atoms with E-state index in [-0.39, 0.29) is 13.2 Å². The molecule has 0 spiro atoms. The number of benzene rings is 3. The smallest absolute Gasteiger partial charge is 0.333 e. The molecule has 0 saturated carbocycles. The fourth-order valence-corrected chi connectivity index (χ4v) is 3.60. The van der Waals surface area contributed by atoms with Gasteiger partial charge in [0.25, 0.3) is 5.91 Å². The third-order valence-corrected chi connectivity index (χ3v) is 5.32. The number of ether oxygens (including phenoxy) is 3. The lowest BCUT2D eigenvalue weighted by Crippen LogP contribution is -2.47. The number of carbonyl (C=O) groups excluding carboxylic acids is 2. The Labute approximate surface area is 185 Å². The van der Waals surface area contributed by atoms with E-state index < -0.39 is 24.0 Å². The molecular formula is C24H23NO5S. The first-order valence-electron chi connectivity index (χ1n) is 10.1. The molecule has 3 aromatic carbocycles. The van der Waals surface area contributed by atoms with Crippen LogP contribution in [0.3, 0.4) is 0 Å². The summed E-state index contributed by atoms with van der Waals surface area (Å²) in [4.78, 5) is 26.0. The number of amides is 1. The molecule has 0 saturated heterocycles. The molecule has 2 unspecified atom stereocenters. The van der Waals surface area contributed by atoms with Gasteiger partial charge in [-0.25, -0.2) is 4.79 Å². The van der Waals surface area contributed by atoms with Crippen molar-refractivity contribution < 1.29 is 23.8 Å². The van der Waals surface area contributed by atoms with Gasteiger partial charge in [-0.3, -0.25) is 4.79 Å². The monoisotopic (exact) mass is 437 g/mol. The minimum absolute atomic E-state index is 0.0554. The molecule has 0 aliphatic carbocycles. The number of nitrogens with one attached hydrogen (secondary N) is 1. The van der Waals surface area contributed by atoms with Gasteiger partial charge < -0.3 is 19.5 Å². The molecule has 0 aromatic heterocycles. The predicted octanol–water partition coefficient (Wildman–Crippen LogP) is 3.70. The highest BCUT2D eigenvalue weighted by Gasteiger charge is 2.32. The predicted molar refractivity (Wildman–Crippen MR) is 121 cm³/mol. The van der Waals surface area contributed by atoms with Crippen LogP contribution >= 0.6 is 12.6 Å².